The second kappa shape index (κ2) is 4.85. The molecule has 0 fully saturated rings. The maximum Gasteiger partial charge on any atom is 0.335 e. The van der Waals surface area contributed by atoms with E-state index in [-0.39, 0.29) is 11.1 Å². The molecule has 2 N–H and O–H groups in total. The van der Waals surface area contributed by atoms with E-state index in [0.717, 1.165) is 5.20 Å². The molecule has 0 heterocycles. The Morgan fingerprint density at radius 3 is 2.41 bits per heavy atom. The predicted molar refractivity (Wildman–Crippen MR) is 70.9 cm³/mol. The van der Waals surface area contributed by atoms with Gasteiger partial charge in [0, 0.05) is 0 Å². The molecule has 0 aliphatic heterocycles. The van der Waals surface area contributed by atoms with Gasteiger partial charge in [0.1, 0.15) is 0 Å². The number of carboxylic acids is 1. The summed E-state index contributed by atoms with van der Waals surface area (Å²) in [5, 5.41) is 10.4. The lowest BCUT2D eigenvalue weighted by Crippen LogP contribution is -2.52. The first-order chi connectivity index (χ1) is 7.80. The zero-order valence-corrected chi connectivity index (χ0v) is 11.4. The summed E-state index contributed by atoms with van der Waals surface area (Å²) in [5.74, 6) is -0.978. The largest absolute Gasteiger partial charge is 0.478 e. The van der Waals surface area contributed by atoms with Crippen LogP contribution >= 0.6 is 0 Å². The summed E-state index contributed by atoms with van der Waals surface area (Å²) in [4.78, 5) is 21.7. The van der Waals surface area contributed by atoms with E-state index in [1.54, 1.807) is 25.1 Å². The Morgan fingerprint density at radius 2 is 2.00 bits per heavy atom. The van der Waals surface area contributed by atoms with Crippen molar-refractivity contribution in [3.8, 4) is 0 Å². The predicted octanol–water partition coefficient (Wildman–Crippen LogP) is 2.05. The molecule has 1 aromatic carbocycles. The molecule has 1 rings (SSSR count). The summed E-state index contributed by atoms with van der Waals surface area (Å²) in [6.45, 7) is 9.55. The summed E-state index contributed by atoms with van der Waals surface area (Å²) in [6.07, 6.45) is 0. The van der Waals surface area contributed by atoms with E-state index in [0.29, 0.717) is 5.19 Å². The third-order valence-electron chi connectivity index (χ3n) is 3.04. The Morgan fingerprint density at radius 1 is 1.41 bits per heavy atom. The minimum Gasteiger partial charge on any atom is -0.478 e. The van der Waals surface area contributed by atoms with Crippen LogP contribution in [0.3, 0.4) is 0 Å². The van der Waals surface area contributed by atoms with Crippen LogP contribution in [0, 0.1) is 0 Å². The molecule has 0 radical (unpaired) electrons. The van der Waals surface area contributed by atoms with E-state index < -0.39 is 14.3 Å². The zero-order chi connectivity index (χ0) is 13.2. The molecule has 92 valence electrons. The monoisotopic (exact) mass is 250 g/mol. The Hall–Kier alpha value is -1.39. The van der Waals surface area contributed by atoms with Crippen molar-refractivity contribution in [3.05, 3.63) is 41.6 Å². The SMILES string of the molecule is C=C(C)[Si](O)(c1cccc(C(=O)O)c1)C(C)C. The summed E-state index contributed by atoms with van der Waals surface area (Å²) in [5.41, 5.74) is 0.263. The van der Waals surface area contributed by atoms with Crippen LogP contribution in [0.25, 0.3) is 0 Å². The summed E-state index contributed by atoms with van der Waals surface area (Å²) in [7, 11) is -2.82. The van der Waals surface area contributed by atoms with Crippen LogP contribution in [-0.4, -0.2) is 24.2 Å². The summed E-state index contributed by atoms with van der Waals surface area (Å²) < 4.78 is 0. The molecule has 0 spiro atoms. The third kappa shape index (κ3) is 2.48. The lowest BCUT2D eigenvalue weighted by Gasteiger charge is -2.30. The molecule has 1 atom stereocenters. The van der Waals surface area contributed by atoms with Crippen molar-refractivity contribution in [2.24, 2.45) is 0 Å². The molecule has 1 unspecified atom stereocenters. The molecular formula is C13H18O3Si. The normalized spacial score (nSPS) is 14.4. The van der Waals surface area contributed by atoms with Gasteiger partial charge in [0.25, 0.3) is 0 Å². The fourth-order valence-corrected chi connectivity index (χ4v) is 4.83. The van der Waals surface area contributed by atoms with Gasteiger partial charge in [-0.05, 0) is 29.8 Å². The average Bonchev–Trinajstić information content (AvgIpc) is 2.27. The molecule has 0 bridgehead atoms. The molecular weight excluding hydrogens is 232 g/mol. The molecule has 0 saturated heterocycles. The molecule has 4 heteroatoms. The van der Waals surface area contributed by atoms with Gasteiger partial charge >= 0.3 is 5.97 Å². The summed E-state index contributed by atoms with van der Waals surface area (Å²) >= 11 is 0. The molecule has 0 saturated carbocycles. The Kier molecular flexibility index (Phi) is 3.90. The number of hydrogen-bond acceptors (Lipinski definition) is 2. The second-order valence-corrected chi connectivity index (χ2v) is 8.71. The van der Waals surface area contributed by atoms with Crippen LogP contribution in [0.2, 0.25) is 5.54 Å². The standard InChI is InChI=1S/C13H18O3Si/c1-9(2)17(16,10(3)4)12-7-5-6-11(8-12)13(14)15/h5-8,10,16H,1H2,2-4H3,(H,14,15). The fourth-order valence-electron chi connectivity index (χ4n) is 1.96. The first kappa shape index (κ1) is 13.7. The first-order valence-electron chi connectivity index (χ1n) is 5.52. The Labute approximate surface area is 103 Å². The number of allylic oxidation sites excluding steroid dienone is 1. The van der Waals surface area contributed by atoms with Crippen molar-refractivity contribution in [2.75, 3.05) is 0 Å². The van der Waals surface area contributed by atoms with Crippen molar-refractivity contribution < 1.29 is 14.7 Å². The molecule has 17 heavy (non-hydrogen) atoms. The molecule has 0 amide bonds. The number of carboxylic acid groups (broad SMARTS) is 1. The smallest absolute Gasteiger partial charge is 0.335 e. The van der Waals surface area contributed by atoms with E-state index in [9.17, 15) is 9.59 Å². The van der Waals surface area contributed by atoms with E-state index in [1.807, 2.05) is 13.8 Å². The molecule has 3 nitrogen and oxygen atoms in total. The fraction of sp³-hybridized carbons (Fsp3) is 0.308. The van der Waals surface area contributed by atoms with Crippen molar-refractivity contribution in [1.82, 2.24) is 0 Å². The average molecular weight is 250 g/mol. The van der Waals surface area contributed by atoms with Gasteiger partial charge in [-0.3, -0.25) is 0 Å². The van der Waals surface area contributed by atoms with Gasteiger partial charge in [-0.25, -0.2) is 4.79 Å². The number of benzene rings is 1. The van der Waals surface area contributed by atoms with Gasteiger partial charge in [-0.1, -0.05) is 31.2 Å². The van der Waals surface area contributed by atoms with E-state index in [4.69, 9.17) is 5.11 Å². The lowest BCUT2D eigenvalue weighted by molar-refractivity contribution is 0.0697. The quantitative estimate of drug-likeness (QED) is 0.804. The van der Waals surface area contributed by atoms with E-state index in [2.05, 4.69) is 6.58 Å². The maximum atomic E-state index is 10.9. The van der Waals surface area contributed by atoms with Crippen LogP contribution in [0.1, 0.15) is 31.1 Å². The van der Waals surface area contributed by atoms with Gasteiger partial charge in [-0.2, -0.15) is 0 Å². The highest BCUT2D eigenvalue weighted by molar-refractivity contribution is 6.92. The van der Waals surface area contributed by atoms with Crippen LogP contribution in [0.4, 0.5) is 0 Å². The van der Waals surface area contributed by atoms with E-state index >= 15 is 0 Å². The summed E-state index contributed by atoms with van der Waals surface area (Å²) in [6, 6.07) is 6.54. The molecule has 0 aliphatic carbocycles. The van der Waals surface area contributed by atoms with E-state index in [1.165, 1.54) is 6.07 Å². The zero-order valence-electron chi connectivity index (χ0n) is 10.4. The number of carbonyl (C=O) groups is 1. The highest BCUT2D eigenvalue weighted by Crippen LogP contribution is 2.24. The van der Waals surface area contributed by atoms with Gasteiger partial charge in [0.15, 0.2) is 0 Å². The second-order valence-electron chi connectivity index (χ2n) is 4.59. The topological polar surface area (TPSA) is 57.5 Å². The van der Waals surface area contributed by atoms with Crippen molar-refractivity contribution >= 4 is 19.5 Å². The first-order valence-corrected chi connectivity index (χ1v) is 7.54. The highest BCUT2D eigenvalue weighted by Gasteiger charge is 2.38. The van der Waals surface area contributed by atoms with Crippen LogP contribution in [-0.2, 0) is 0 Å². The van der Waals surface area contributed by atoms with Gasteiger partial charge in [-0.15, -0.1) is 6.58 Å². The Bertz CT molecular complexity index is 454. The minimum atomic E-state index is -2.82. The third-order valence-corrected chi connectivity index (χ3v) is 7.20. The van der Waals surface area contributed by atoms with Gasteiger partial charge in [0.05, 0.1) is 5.56 Å². The maximum absolute atomic E-state index is 10.9. The highest BCUT2D eigenvalue weighted by atomic mass is 28.4. The number of rotatable bonds is 4. The van der Waals surface area contributed by atoms with Crippen LogP contribution in [0.15, 0.2) is 36.0 Å². The van der Waals surface area contributed by atoms with Gasteiger partial charge < -0.3 is 9.90 Å². The van der Waals surface area contributed by atoms with Crippen molar-refractivity contribution in [1.29, 1.82) is 0 Å². The van der Waals surface area contributed by atoms with Crippen molar-refractivity contribution in [3.63, 3.8) is 0 Å². The number of aromatic carboxylic acids is 1. The molecule has 0 aliphatic rings. The molecule has 0 aromatic heterocycles. The number of hydrogen-bond donors (Lipinski definition) is 2. The van der Waals surface area contributed by atoms with Crippen LogP contribution < -0.4 is 5.19 Å². The lowest BCUT2D eigenvalue weighted by atomic mass is 10.2. The Balaban J connectivity index is 3.35. The van der Waals surface area contributed by atoms with Crippen LogP contribution in [0.5, 0.6) is 0 Å². The van der Waals surface area contributed by atoms with Gasteiger partial charge in [0.2, 0.25) is 8.32 Å². The molecule has 1 aromatic rings. The minimum absolute atomic E-state index is 0.0593. The van der Waals surface area contributed by atoms with Crippen molar-refractivity contribution in [2.45, 2.75) is 26.3 Å².